The lowest BCUT2D eigenvalue weighted by atomic mass is 9.83. The standard InChI is InChI=1S/C13H16O2.C12H14O2/c1-15-13-8-4-11(5-9-13)10-2-6-12(14)7-3-10;13-11-5-1-9(2-6-11)10-3-7-12(14)8-4-10/h4-5,8-10H,2-3,6-7H2,1H3;1-2,5-6,10,13H,3-4,7-8H2. The summed E-state index contributed by atoms with van der Waals surface area (Å²) in [6.45, 7) is 0. The van der Waals surface area contributed by atoms with Crippen molar-refractivity contribution in [3.63, 3.8) is 0 Å². The van der Waals surface area contributed by atoms with E-state index in [9.17, 15) is 9.59 Å². The molecule has 2 aliphatic carbocycles. The van der Waals surface area contributed by atoms with Gasteiger partial charge < -0.3 is 9.84 Å². The number of aromatic hydroxyl groups is 1. The average Bonchev–Trinajstić information content (AvgIpc) is 2.76. The zero-order chi connectivity index (χ0) is 20.6. The molecule has 0 heterocycles. The van der Waals surface area contributed by atoms with Crippen LogP contribution in [0.5, 0.6) is 11.5 Å². The van der Waals surface area contributed by atoms with E-state index in [2.05, 4.69) is 12.1 Å². The molecule has 1 N–H and O–H groups in total. The van der Waals surface area contributed by atoms with Crippen LogP contribution in [-0.2, 0) is 9.59 Å². The van der Waals surface area contributed by atoms with Crippen LogP contribution in [0.3, 0.4) is 0 Å². The Morgan fingerprint density at radius 1 is 0.690 bits per heavy atom. The molecule has 4 rings (SSSR count). The lowest BCUT2D eigenvalue weighted by Crippen LogP contribution is -2.12. The van der Waals surface area contributed by atoms with Gasteiger partial charge in [-0.15, -0.1) is 0 Å². The zero-order valence-electron chi connectivity index (χ0n) is 17.1. The summed E-state index contributed by atoms with van der Waals surface area (Å²) in [7, 11) is 1.67. The van der Waals surface area contributed by atoms with E-state index in [1.165, 1.54) is 11.1 Å². The lowest BCUT2D eigenvalue weighted by Gasteiger charge is -2.21. The summed E-state index contributed by atoms with van der Waals surface area (Å²) in [6.07, 6.45) is 6.86. The Labute approximate surface area is 172 Å². The summed E-state index contributed by atoms with van der Waals surface area (Å²) in [5.74, 6) is 3.08. The molecule has 0 bridgehead atoms. The summed E-state index contributed by atoms with van der Waals surface area (Å²) in [5.41, 5.74) is 2.58. The van der Waals surface area contributed by atoms with Gasteiger partial charge in [-0.05, 0) is 72.9 Å². The highest BCUT2D eigenvalue weighted by molar-refractivity contribution is 5.79. The first-order valence-corrected chi connectivity index (χ1v) is 10.5. The Hall–Kier alpha value is -2.62. The van der Waals surface area contributed by atoms with Gasteiger partial charge in [-0.1, -0.05) is 24.3 Å². The first-order valence-electron chi connectivity index (χ1n) is 10.5. The molecule has 0 unspecified atom stereocenters. The molecule has 0 atom stereocenters. The summed E-state index contributed by atoms with van der Waals surface area (Å²) in [4.78, 5) is 22.2. The van der Waals surface area contributed by atoms with Gasteiger partial charge in [0, 0.05) is 25.7 Å². The maximum atomic E-state index is 11.1. The van der Waals surface area contributed by atoms with E-state index >= 15 is 0 Å². The Morgan fingerprint density at radius 3 is 1.45 bits per heavy atom. The van der Waals surface area contributed by atoms with E-state index in [0.29, 0.717) is 42.0 Å². The largest absolute Gasteiger partial charge is 0.508 e. The molecule has 154 valence electrons. The summed E-state index contributed by atoms with van der Waals surface area (Å²) < 4.78 is 5.12. The Kier molecular flexibility index (Phi) is 7.45. The van der Waals surface area contributed by atoms with E-state index in [1.807, 2.05) is 24.3 Å². The highest BCUT2D eigenvalue weighted by atomic mass is 16.5. The Morgan fingerprint density at radius 2 is 1.07 bits per heavy atom. The fraction of sp³-hybridized carbons (Fsp3) is 0.440. The van der Waals surface area contributed by atoms with Gasteiger partial charge in [0.25, 0.3) is 0 Å². The number of ketones is 2. The summed E-state index contributed by atoms with van der Waals surface area (Å²) in [6, 6.07) is 15.5. The van der Waals surface area contributed by atoms with Crippen molar-refractivity contribution in [2.75, 3.05) is 7.11 Å². The molecule has 2 aliphatic rings. The predicted molar refractivity (Wildman–Crippen MR) is 114 cm³/mol. The highest BCUT2D eigenvalue weighted by Crippen LogP contribution is 2.32. The van der Waals surface area contributed by atoms with E-state index in [4.69, 9.17) is 9.84 Å². The second-order valence-electron chi connectivity index (χ2n) is 7.99. The number of ether oxygens (including phenoxy) is 1. The fourth-order valence-corrected chi connectivity index (χ4v) is 4.17. The summed E-state index contributed by atoms with van der Waals surface area (Å²) in [5, 5.41) is 9.14. The van der Waals surface area contributed by atoms with Crippen molar-refractivity contribution in [3.8, 4) is 11.5 Å². The van der Waals surface area contributed by atoms with Crippen molar-refractivity contribution in [2.24, 2.45) is 0 Å². The molecule has 0 aliphatic heterocycles. The number of Topliss-reactive ketones (excluding diaryl/α,β-unsaturated/α-hetero) is 2. The first-order chi connectivity index (χ1) is 14.0. The van der Waals surface area contributed by atoms with E-state index in [1.54, 1.807) is 19.2 Å². The van der Waals surface area contributed by atoms with Gasteiger partial charge >= 0.3 is 0 Å². The van der Waals surface area contributed by atoms with Crippen LogP contribution in [0.25, 0.3) is 0 Å². The van der Waals surface area contributed by atoms with Gasteiger partial charge in [-0.2, -0.15) is 0 Å². The lowest BCUT2D eigenvalue weighted by molar-refractivity contribution is -0.121. The molecule has 0 spiro atoms. The van der Waals surface area contributed by atoms with Gasteiger partial charge in [0.05, 0.1) is 7.11 Å². The first kappa shape index (κ1) is 21.1. The van der Waals surface area contributed by atoms with Gasteiger partial charge in [0.1, 0.15) is 23.1 Å². The van der Waals surface area contributed by atoms with Gasteiger partial charge in [0.15, 0.2) is 0 Å². The van der Waals surface area contributed by atoms with Gasteiger partial charge in [-0.3, -0.25) is 9.59 Å². The molecule has 2 saturated carbocycles. The molecule has 4 nitrogen and oxygen atoms in total. The number of carbonyl (C=O) groups is 2. The number of benzene rings is 2. The third-order valence-corrected chi connectivity index (χ3v) is 6.04. The van der Waals surface area contributed by atoms with E-state index in [0.717, 1.165) is 44.3 Å². The number of hydrogen-bond donors (Lipinski definition) is 1. The minimum atomic E-state index is 0.306. The number of rotatable bonds is 3. The van der Waals surface area contributed by atoms with Gasteiger partial charge in [0.2, 0.25) is 0 Å². The van der Waals surface area contributed by atoms with Crippen LogP contribution in [0.15, 0.2) is 48.5 Å². The van der Waals surface area contributed by atoms with Crippen LogP contribution in [0.2, 0.25) is 0 Å². The zero-order valence-corrected chi connectivity index (χ0v) is 17.1. The predicted octanol–water partition coefficient (Wildman–Crippen LogP) is 5.54. The van der Waals surface area contributed by atoms with Crippen LogP contribution < -0.4 is 4.74 Å². The smallest absolute Gasteiger partial charge is 0.132 e. The van der Waals surface area contributed by atoms with Crippen molar-refractivity contribution < 1.29 is 19.4 Å². The molecule has 2 aromatic rings. The molecule has 0 aromatic heterocycles. The minimum absolute atomic E-state index is 0.306. The molecule has 2 fully saturated rings. The SMILES string of the molecule is COc1ccc(C2CCC(=O)CC2)cc1.O=C1CCC(c2ccc(O)cc2)CC1. The number of carbonyl (C=O) groups excluding carboxylic acids is 2. The maximum Gasteiger partial charge on any atom is 0.132 e. The molecule has 4 heteroatoms. The van der Waals surface area contributed by atoms with Crippen molar-refractivity contribution in [1.82, 2.24) is 0 Å². The molecule has 0 amide bonds. The highest BCUT2D eigenvalue weighted by Gasteiger charge is 2.20. The quantitative estimate of drug-likeness (QED) is 0.742. The second-order valence-corrected chi connectivity index (χ2v) is 7.99. The van der Waals surface area contributed by atoms with Crippen molar-refractivity contribution in [1.29, 1.82) is 0 Å². The fourth-order valence-electron chi connectivity index (χ4n) is 4.17. The molecular weight excluding hydrogens is 364 g/mol. The summed E-state index contributed by atoms with van der Waals surface area (Å²) >= 11 is 0. The molecule has 0 radical (unpaired) electrons. The molecular formula is C25H30O4. The third kappa shape index (κ3) is 6.18. The van der Waals surface area contributed by atoms with E-state index in [-0.39, 0.29) is 0 Å². The van der Waals surface area contributed by atoms with E-state index < -0.39 is 0 Å². The van der Waals surface area contributed by atoms with Crippen LogP contribution in [0, 0.1) is 0 Å². The topological polar surface area (TPSA) is 63.6 Å². The van der Waals surface area contributed by atoms with Crippen molar-refractivity contribution >= 4 is 11.6 Å². The number of phenolic OH excluding ortho intramolecular Hbond substituents is 1. The van der Waals surface area contributed by atoms with Crippen LogP contribution in [0.1, 0.15) is 74.3 Å². The number of methoxy groups -OCH3 is 1. The van der Waals surface area contributed by atoms with Crippen molar-refractivity contribution in [2.45, 2.75) is 63.2 Å². The molecule has 2 aromatic carbocycles. The number of phenols is 1. The third-order valence-electron chi connectivity index (χ3n) is 6.04. The van der Waals surface area contributed by atoms with Crippen LogP contribution in [0.4, 0.5) is 0 Å². The van der Waals surface area contributed by atoms with Crippen LogP contribution in [-0.4, -0.2) is 23.8 Å². The van der Waals surface area contributed by atoms with Crippen molar-refractivity contribution in [3.05, 3.63) is 59.7 Å². The second kappa shape index (κ2) is 10.2. The molecule has 29 heavy (non-hydrogen) atoms. The average molecular weight is 395 g/mol. The molecule has 0 saturated heterocycles. The Bertz CT molecular complexity index is 788. The Balaban J connectivity index is 0.000000166. The number of hydrogen-bond acceptors (Lipinski definition) is 4. The minimum Gasteiger partial charge on any atom is -0.508 e. The van der Waals surface area contributed by atoms with Crippen LogP contribution >= 0.6 is 0 Å². The normalized spacial score (nSPS) is 18.1. The van der Waals surface area contributed by atoms with Gasteiger partial charge in [-0.25, -0.2) is 0 Å². The maximum absolute atomic E-state index is 11.1. The monoisotopic (exact) mass is 394 g/mol.